The van der Waals surface area contributed by atoms with Crippen molar-refractivity contribution >= 4 is 34.6 Å². The summed E-state index contributed by atoms with van der Waals surface area (Å²) in [7, 11) is -6.17. The molecule has 5 rings (SSSR count). The molecule has 0 aromatic heterocycles. The number of phenolic OH excluding ortho intramolecular Hbond substituents is 1. The minimum absolute atomic E-state index is 0.0353. The molecule has 234 valence electrons. The Kier molecular flexibility index (Phi) is 9.43. The summed E-state index contributed by atoms with van der Waals surface area (Å²) in [6.07, 6.45) is 4.36. The molecular weight excluding hydrogens is 585 g/mol. The number of aromatic hydroxyl groups is 1. The Hall–Kier alpha value is -2.97. The molecule has 44 heavy (non-hydrogen) atoms. The van der Waals surface area contributed by atoms with E-state index in [4.69, 9.17) is 9.16 Å². The Morgan fingerprint density at radius 1 is 1.00 bits per heavy atom. The molecule has 1 fully saturated rings. The van der Waals surface area contributed by atoms with Gasteiger partial charge in [0.2, 0.25) is 0 Å². The second-order valence-corrected chi connectivity index (χ2v) is 19.8. The number of rotatable bonds is 10. The fraction of sp³-hybridized carbons (Fsp3) is 0.405. The summed E-state index contributed by atoms with van der Waals surface area (Å²) < 4.78 is 40.2. The highest BCUT2D eigenvalue weighted by molar-refractivity contribution is 7.92. The fourth-order valence-electron chi connectivity index (χ4n) is 7.07. The van der Waals surface area contributed by atoms with Gasteiger partial charge in [0, 0.05) is 0 Å². The van der Waals surface area contributed by atoms with Crippen molar-refractivity contribution in [1.29, 1.82) is 0 Å². The summed E-state index contributed by atoms with van der Waals surface area (Å²) in [5, 5.41) is 11.8. The average Bonchev–Trinajstić information content (AvgIpc) is 3.53. The van der Waals surface area contributed by atoms with Gasteiger partial charge in [0.25, 0.3) is 8.32 Å². The Bertz CT molecular complexity index is 1590. The molecule has 0 unspecified atom stereocenters. The van der Waals surface area contributed by atoms with Crippen LogP contribution in [0.3, 0.4) is 0 Å². The van der Waals surface area contributed by atoms with Crippen LogP contribution in [-0.2, 0) is 19.0 Å². The van der Waals surface area contributed by atoms with Crippen LogP contribution in [0.15, 0.2) is 89.5 Å². The van der Waals surface area contributed by atoms with Crippen LogP contribution in [0, 0.1) is 13.8 Å². The van der Waals surface area contributed by atoms with Gasteiger partial charge in [-0.3, -0.25) is 0 Å². The van der Waals surface area contributed by atoms with Gasteiger partial charge in [-0.05, 0) is 88.5 Å². The van der Waals surface area contributed by atoms with Crippen molar-refractivity contribution in [3.63, 3.8) is 0 Å². The first-order valence-corrected chi connectivity index (χ1v) is 19.3. The summed E-state index contributed by atoms with van der Waals surface area (Å²) in [6, 6.07) is 25.0. The molecule has 7 heteroatoms. The van der Waals surface area contributed by atoms with E-state index in [2.05, 4.69) is 82.3 Å². The Balaban J connectivity index is 1.45. The molecule has 5 nitrogen and oxygen atoms in total. The molecule has 2 heterocycles. The van der Waals surface area contributed by atoms with Crippen LogP contribution in [-0.4, -0.2) is 52.2 Å². The third-order valence-corrected chi connectivity index (χ3v) is 16.3. The largest absolute Gasteiger partial charge is 0.507 e. The maximum atomic E-state index is 13.4. The van der Waals surface area contributed by atoms with Crippen molar-refractivity contribution in [2.24, 2.45) is 0 Å². The molecule has 3 aromatic rings. The van der Waals surface area contributed by atoms with Gasteiger partial charge in [-0.15, -0.1) is 0 Å². The van der Waals surface area contributed by atoms with Gasteiger partial charge in [-0.25, -0.2) is 8.42 Å². The SMILES string of the molecule is CC/C(=C\c1cc(C)c(O)c(C)c1)CC[C@H]1OC[C@H]2C1=C(CO[Si](c1ccccc1)(c1ccccc1)C(C)(C)C)CS2(=O)=O. The lowest BCUT2D eigenvalue weighted by Crippen LogP contribution is -2.66. The molecule has 0 radical (unpaired) electrons. The molecule has 2 aliphatic heterocycles. The second-order valence-electron chi connectivity index (χ2n) is 13.3. The topological polar surface area (TPSA) is 72.8 Å². The molecule has 3 aromatic carbocycles. The molecule has 0 saturated carbocycles. The summed E-state index contributed by atoms with van der Waals surface area (Å²) >= 11 is 0. The highest BCUT2D eigenvalue weighted by Gasteiger charge is 2.52. The summed E-state index contributed by atoms with van der Waals surface area (Å²) in [5.41, 5.74) is 5.86. The zero-order chi connectivity index (χ0) is 31.7. The van der Waals surface area contributed by atoms with E-state index in [1.807, 2.05) is 38.1 Å². The lowest BCUT2D eigenvalue weighted by molar-refractivity contribution is 0.117. The molecule has 1 saturated heterocycles. The highest BCUT2D eigenvalue weighted by atomic mass is 32.2. The van der Waals surface area contributed by atoms with Crippen LogP contribution < -0.4 is 10.4 Å². The van der Waals surface area contributed by atoms with E-state index < -0.39 is 23.4 Å². The van der Waals surface area contributed by atoms with Crippen LogP contribution in [0.2, 0.25) is 5.04 Å². The first-order chi connectivity index (χ1) is 20.9. The van der Waals surface area contributed by atoms with E-state index in [0.717, 1.165) is 47.1 Å². The van der Waals surface area contributed by atoms with Crippen LogP contribution >= 0.6 is 0 Å². The predicted molar refractivity (Wildman–Crippen MR) is 183 cm³/mol. The number of allylic oxidation sites excluding steroid dienone is 1. The molecule has 2 atom stereocenters. The Morgan fingerprint density at radius 3 is 2.09 bits per heavy atom. The van der Waals surface area contributed by atoms with Gasteiger partial charge in [0.15, 0.2) is 9.84 Å². The number of sulfone groups is 1. The number of hydrogen-bond donors (Lipinski definition) is 1. The van der Waals surface area contributed by atoms with Crippen LogP contribution in [0.25, 0.3) is 6.08 Å². The van der Waals surface area contributed by atoms with Gasteiger partial charge in [-0.2, -0.15) is 0 Å². The number of phenols is 1. The maximum Gasteiger partial charge on any atom is 0.261 e. The zero-order valence-corrected chi connectivity index (χ0v) is 28.7. The average molecular weight is 631 g/mol. The normalized spacial score (nSPS) is 20.3. The van der Waals surface area contributed by atoms with Gasteiger partial charge < -0.3 is 14.3 Å². The van der Waals surface area contributed by atoms with Crippen molar-refractivity contribution in [1.82, 2.24) is 0 Å². The molecule has 0 bridgehead atoms. The third-order valence-electron chi connectivity index (χ3n) is 9.31. The van der Waals surface area contributed by atoms with Crippen molar-refractivity contribution in [3.8, 4) is 5.75 Å². The first-order valence-electron chi connectivity index (χ1n) is 15.7. The van der Waals surface area contributed by atoms with E-state index in [1.54, 1.807) is 0 Å². The monoisotopic (exact) mass is 630 g/mol. The van der Waals surface area contributed by atoms with Gasteiger partial charge in [0.1, 0.15) is 11.0 Å². The highest BCUT2D eigenvalue weighted by Crippen LogP contribution is 2.41. The zero-order valence-electron chi connectivity index (χ0n) is 26.9. The predicted octanol–water partition coefficient (Wildman–Crippen LogP) is 6.65. The van der Waals surface area contributed by atoms with Gasteiger partial charge in [-0.1, -0.05) is 100 Å². The molecule has 2 aliphatic rings. The van der Waals surface area contributed by atoms with E-state index in [1.165, 1.54) is 15.9 Å². The fourth-order valence-corrected chi connectivity index (χ4v) is 13.5. The molecule has 0 amide bonds. The number of fused-ring (bicyclic) bond motifs is 1. The van der Waals surface area contributed by atoms with Crippen LogP contribution in [0.5, 0.6) is 5.75 Å². The van der Waals surface area contributed by atoms with E-state index in [-0.39, 0.29) is 30.1 Å². The van der Waals surface area contributed by atoms with Crippen LogP contribution in [0.4, 0.5) is 0 Å². The number of ether oxygens (including phenoxy) is 1. The lowest BCUT2D eigenvalue weighted by Gasteiger charge is -2.43. The van der Waals surface area contributed by atoms with Crippen molar-refractivity contribution in [3.05, 3.63) is 106 Å². The maximum absolute atomic E-state index is 13.4. The quantitative estimate of drug-likeness (QED) is 0.201. The standard InChI is InChI=1S/C37H46O5SSi/c1-7-28(22-29-20-26(2)36(38)27(3)21-29)18-19-33-35-30(25-43(39,40)34(35)24-41-33)23-42-44(37(4,5)6,31-14-10-8-11-15-31)32-16-12-9-13-17-32/h8-17,20-22,33-34,38H,7,18-19,23-25H2,1-6H3/b28-22+/t33-,34+/m1/s1. The number of benzene rings is 3. The van der Waals surface area contributed by atoms with Gasteiger partial charge >= 0.3 is 0 Å². The third kappa shape index (κ3) is 6.25. The summed E-state index contributed by atoms with van der Waals surface area (Å²) in [5.74, 6) is 0.376. The Morgan fingerprint density at radius 2 is 1.57 bits per heavy atom. The lowest BCUT2D eigenvalue weighted by atomic mass is 9.95. The van der Waals surface area contributed by atoms with Crippen molar-refractivity contribution < 1.29 is 22.7 Å². The first kappa shape index (κ1) is 32.4. The van der Waals surface area contributed by atoms with Crippen molar-refractivity contribution in [2.45, 2.75) is 77.2 Å². The number of aryl methyl sites for hydroxylation is 2. The van der Waals surface area contributed by atoms with E-state index in [0.29, 0.717) is 5.75 Å². The van der Waals surface area contributed by atoms with Crippen LogP contribution in [0.1, 0.15) is 63.6 Å². The smallest absolute Gasteiger partial charge is 0.261 e. The molecule has 1 N–H and O–H groups in total. The van der Waals surface area contributed by atoms with Gasteiger partial charge in [0.05, 0.1) is 25.1 Å². The second kappa shape index (κ2) is 12.8. The number of hydrogen-bond acceptors (Lipinski definition) is 5. The Labute approximate surface area is 264 Å². The molecule has 0 aliphatic carbocycles. The van der Waals surface area contributed by atoms with E-state index in [9.17, 15) is 13.5 Å². The summed E-state index contributed by atoms with van der Waals surface area (Å²) in [4.78, 5) is 0. The molecular formula is C37H46O5SSi. The summed E-state index contributed by atoms with van der Waals surface area (Å²) in [6.45, 7) is 13.2. The molecule has 0 spiro atoms. The van der Waals surface area contributed by atoms with E-state index >= 15 is 0 Å². The minimum atomic E-state index is -3.35. The van der Waals surface area contributed by atoms with Crippen molar-refractivity contribution in [2.75, 3.05) is 19.0 Å². The minimum Gasteiger partial charge on any atom is -0.507 e.